The van der Waals surface area contributed by atoms with E-state index in [0.717, 1.165) is 22.2 Å². The first kappa shape index (κ1) is 21.5. The standard InChI is InChI=1S/C23H22ClF2N3O2/c1-15-16-6-2-4-8-18(16)27-19(21(15)24)14-28-10-12-29(13-11-28)22(30)17-7-3-5-9-20(17)31-23(25)26/h2-9,23H,10-14H2,1H3. The van der Waals surface area contributed by atoms with Crippen LogP contribution in [0.1, 0.15) is 21.6 Å². The molecule has 1 fully saturated rings. The van der Waals surface area contributed by atoms with Crippen LogP contribution in [0, 0.1) is 6.92 Å². The molecule has 3 aromatic rings. The van der Waals surface area contributed by atoms with Gasteiger partial charge in [0, 0.05) is 38.1 Å². The van der Waals surface area contributed by atoms with Crippen LogP contribution < -0.4 is 4.74 Å². The second-order valence-electron chi connectivity index (χ2n) is 7.46. The number of fused-ring (bicyclic) bond motifs is 1. The Balaban J connectivity index is 1.44. The Morgan fingerprint density at radius 1 is 1.10 bits per heavy atom. The van der Waals surface area contributed by atoms with E-state index < -0.39 is 6.61 Å². The van der Waals surface area contributed by atoms with Crippen LogP contribution in [0.25, 0.3) is 10.9 Å². The average molecular weight is 446 g/mol. The molecule has 0 atom stereocenters. The van der Waals surface area contributed by atoms with Crippen molar-refractivity contribution in [2.75, 3.05) is 26.2 Å². The van der Waals surface area contributed by atoms with E-state index in [9.17, 15) is 13.6 Å². The summed E-state index contributed by atoms with van der Waals surface area (Å²) >= 11 is 6.58. The number of piperazine rings is 1. The number of rotatable bonds is 5. The van der Waals surface area contributed by atoms with Gasteiger partial charge in [-0.1, -0.05) is 41.9 Å². The molecule has 4 rings (SSSR count). The highest BCUT2D eigenvalue weighted by Gasteiger charge is 2.26. The van der Waals surface area contributed by atoms with Gasteiger partial charge in [-0.25, -0.2) is 4.98 Å². The van der Waals surface area contributed by atoms with Gasteiger partial charge in [0.15, 0.2) is 0 Å². The highest BCUT2D eigenvalue weighted by molar-refractivity contribution is 6.32. The maximum absolute atomic E-state index is 12.9. The van der Waals surface area contributed by atoms with Crippen molar-refractivity contribution in [3.05, 3.63) is 70.4 Å². The Bertz CT molecular complexity index is 1100. The fourth-order valence-corrected chi connectivity index (χ4v) is 4.06. The van der Waals surface area contributed by atoms with E-state index in [4.69, 9.17) is 16.6 Å². The number of carbonyl (C=O) groups is 1. The lowest BCUT2D eigenvalue weighted by Gasteiger charge is -2.35. The quantitative estimate of drug-likeness (QED) is 0.568. The van der Waals surface area contributed by atoms with Crippen molar-refractivity contribution >= 4 is 28.4 Å². The molecule has 1 aromatic heterocycles. The van der Waals surface area contributed by atoms with Crippen molar-refractivity contribution in [2.24, 2.45) is 0 Å². The molecule has 1 saturated heterocycles. The summed E-state index contributed by atoms with van der Waals surface area (Å²) in [6, 6.07) is 14.0. The minimum absolute atomic E-state index is 0.104. The molecule has 0 unspecified atom stereocenters. The number of para-hydroxylation sites is 2. The summed E-state index contributed by atoms with van der Waals surface area (Å²) in [4.78, 5) is 21.4. The number of halogens is 3. The maximum atomic E-state index is 12.9. The molecule has 2 heterocycles. The van der Waals surface area contributed by atoms with Crippen molar-refractivity contribution in [3.63, 3.8) is 0 Å². The first-order valence-electron chi connectivity index (χ1n) is 10.0. The molecule has 0 saturated carbocycles. The molecule has 8 heteroatoms. The first-order chi connectivity index (χ1) is 14.9. The van der Waals surface area contributed by atoms with Gasteiger partial charge >= 0.3 is 6.61 Å². The van der Waals surface area contributed by atoms with Gasteiger partial charge in [0.25, 0.3) is 5.91 Å². The van der Waals surface area contributed by atoms with Gasteiger partial charge in [-0.3, -0.25) is 9.69 Å². The molecule has 1 aliphatic heterocycles. The van der Waals surface area contributed by atoms with Gasteiger partial charge in [-0.05, 0) is 30.7 Å². The third kappa shape index (κ3) is 4.62. The lowest BCUT2D eigenvalue weighted by molar-refractivity contribution is -0.0503. The first-order valence-corrected chi connectivity index (χ1v) is 10.4. The molecule has 0 spiro atoms. The van der Waals surface area contributed by atoms with Crippen LogP contribution in [0.2, 0.25) is 5.02 Å². The van der Waals surface area contributed by atoms with E-state index in [2.05, 4.69) is 9.64 Å². The predicted molar refractivity (Wildman–Crippen MR) is 116 cm³/mol. The molecule has 0 N–H and O–H groups in total. The normalized spacial score (nSPS) is 14.9. The summed E-state index contributed by atoms with van der Waals surface area (Å²) < 4.78 is 29.8. The SMILES string of the molecule is Cc1c(Cl)c(CN2CCN(C(=O)c3ccccc3OC(F)F)CC2)nc2ccccc12. The minimum Gasteiger partial charge on any atom is -0.434 e. The van der Waals surface area contributed by atoms with E-state index in [1.165, 1.54) is 12.1 Å². The van der Waals surface area contributed by atoms with Crippen LogP contribution in [-0.4, -0.2) is 53.5 Å². The number of aryl methyl sites for hydroxylation is 1. The zero-order valence-corrected chi connectivity index (χ0v) is 17.8. The second kappa shape index (κ2) is 9.16. The molecule has 0 aliphatic carbocycles. The number of benzene rings is 2. The number of aromatic nitrogens is 1. The van der Waals surface area contributed by atoms with Crippen LogP contribution >= 0.6 is 11.6 Å². The predicted octanol–water partition coefficient (Wildman–Crippen LogP) is 4.76. The molecule has 0 radical (unpaired) electrons. The van der Waals surface area contributed by atoms with Gasteiger partial charge in [-0.15, -0.1) is 0 Å². The van der Waals surface area contributed by atoms with Gasteiger partial charge in [0.1, 0.15) is 5.75 Å². The Labute approximate surface area is 184 Å². The smallest absolute Gasteiger partial charge is 0.387 e. The number of carbonyl (C=O) groups excluding carboxylic acids is 1. The molecule has 162 valence electrons. The Hall–Kier alpha value is -2.77. The lowest BCUT2D eigenvalue weighted by atomic mass is 10.1. The number of pyridine rings is 1. The van der Waals surface area contributed by atoms with E-state index in [1.807, 2.05) is 31.2 Å². The van der Waals surface area contributed by atoms with Crippen LogP contribution in [-0.2, 0) is 6.54 Å². The Morgan fingerprint density at radius 3 is 2.52 bits per heavy atom. The molecule has 0 bridgehead atoms. The molecule has 5 nitrogen and oxygen atoms in total. The van der Waals surface area contributed by atoms with Crippen LogP contribution in [0.15, 0.2) is 48.5 Å². The Kier molecular flexibility index (Phi) is 6.34. The maximum Gasteiger partial charge on any atom is 0.387 e. The molecule has 2 aromatic carbocycles. The van der Waals surface area contributed by atoms with Crippen molar-refractivity contribution in [1.29, 1.82) is 0 Å². The third-order valence-electron chi connectivity index (χ3n) is 5.51. The van der Waals surface area contributed by atoms with E-state index >= 15 is 0 Å². The van der Waals surface area contributed by atoms with Gasteiger partial charge in [-0.2, -0.15) is 8.78 Å². The van der Waals surface area contributed by atoms with Gasteiger partial charge in [0.05, 0.1) is 21.8 Å². The van der Waals surface area contributed by atoms with Crippen LogP contribution in [0.5, 0.6) is 5.75 Å². The molecule has 31 heavy (non-hydrogen) atoms. The number of nitrogens with zero attached hydrogens (tertiary/aromatic N) is 3. The molecular weight excluding hydrogens is 424 g/mol. The van der Waals surface area contributed by atoms with Crippen LogP contribution in [0.4, 0.5) is 8.78 Å². The summed E-state index contributed by atoms with van der Waals surface area (Å²) in [7, 11) is 0. The van der Waals surface area contributed by atoms with Crippen molar-refractivity contribution in [3.8, 4) is 5.75 Å². The molecule has 1 amide bonds. The summed E-state index contributed by atoms with van der Waals surface area (Å²) in [5, 5.41) is 1.70. The number of ether oxygens (including phenoxy) is 1. The fraction of sp³-hybridized carbons (Fsp3) is 0.304. The second-order valence-corrected chi connectivity index (χ2v) is 7.84. The van der Waals surface area contributed by atoms with E-state index in [0.29, 0.717) is 37.7 Å². The highest BCUT2D eigenvalue weighted by Crippen LogP contribution is 2.28. The number of hydrogen-bond donors (Lipinski definition) is 0. The minimum atomic E-state index is -2.98. The van der Waals surface area contributed by atoms with E-state index in [1.54, 1.807) is 17.0 Å². The number of amides is 1. The molecular formula is C23H22ClF2N3O2. The summed E-state index contributed by atoms with van der Waals surface area (Å²) in [6.07, 6.45) is 0. The molecule has 1 aliphatic rings. The van der Waals surface area contributed by atoms with Crippen molar-refractivity contribution in [1.82, 2.24) is 14.8 Å². The topological polar surface area (TPSA) is 45.7 Å². The third-order valence-corrected chi connectivity index (χ3v) is 6.01. The largest absolute Gasteiger partial charge is 0.434 e. The van der Waals surface area contributed by atoms with Gasteiger partial charge < -0.3 is 9.64 Å². The summed E-state index contributed by atoms with van der Waals surface area (Å²) in [6.45, 7) is 1.82. The van der Waals surface area contributed by atoms with Crippen LogP contribution in [0.3, 0.4) is 0 Å². The Morgan fingerprint density at radius 2 is 1.77 bits per heavy atom. The van der Waals surface area contributed by atoms with E-state index in [-0.39, 0.29) is 17.2 Å². The van der Waals surface area contributed by atoms with Crippen molar-refractivity contribution in [2.45, 2.75) is 20.1 Å². The highest BCUT2D eigenvalue weighted by atomic mass is 35.5. The number of hydrogen-bond acceptors (Lipinski definition) is 4. The average Bonchev–Trinajstić information content (AvgIpc) is 2.77. The van der Waals surface area contributed by atoms with Gasteiger partial charge in [0.2, 0.25) is 0 Å². The van der Waals surface area contributed by atoms with Crippen molar-refractivity contribution < 1.29 is 18.3 Å². The monoisotopic (exact) mass is 445 g/mol. The summed E-state index contributed by atoms with van der Waals surface area (Å²) in [5.41, 5.74) is 2.87. The number of alkyl halides is 2. The lowest BCUT2D eigenvalue weighted by Crippen LogP contribution is -2.48. The fourth-order valence-electron chi connectivity index (χ4n) is 3.86. The zero-order chi connectivity index (χ0) is 22.0. The summed E-state index contributed by atoms with van der Waals surface area (Å²) in [5.74, 6) is -0.416. The zero-order valence-electron chi connectivity index (χ0n) is 17.0.